The zero-order valence-electron chi connectivity index (χ0n) is 12.7. The third kappa shape index (κ3) is 3.38. The minimum atomic E-state index is -0.0740. The summed E-state index contributed by atoms with van der Waals surface area (Å²) in [6.07, 6.45) is 1.35. The van der Waals surface area contributed by atoms with Crippen LogP contribution in [0.3, 0.4) is 0 Å². The van der Waals surface area contributed by atoms with Crippen LogP contribution in [0.25, 0.3) is 11.1 Å². The van der Waals surface area contributed by atoms with E-state index in [4.69, 9.17) is 0 Å². The van der Waals surface area contributed by atoms with Gasteiger partial charge in [-0.1, -0.05) is 55.1 Å². The molecule has 3 rings (SSSR count). The predicted molar refractivity (Wildman–Crippen MR) is 96.1 cm³/mol. The second kappa shape index (κ2) is 6.75. The van der Waals surface area contributed by atoms with E-state index >= 15 is 0 Å². The molecule has 0 heterocycles. The van der Waals surface area contributed by atoms with Crippen LogP contribution in [0.4, 0.5) is 11.4 Å². The van der Waals surface area contributed by atoms with Gasteiger partial charge in [0.1, 0.15) is 0 Å². The molecule has 0 radical (unpaired) electrons. The van der Waals surface area contributed by atoms with E-state index < -0.39 is 0 Å². The molecule has 0 aliphatic heterocycles. The fraction of sp³-hybridized carbons (Fsp3) is 0. The van der Waals surface area contributed by atoms with Crippen molar-refractivity contribution in [3.63, 3.8) is 0 Å². The van der Waals surface area contributed by atoms with Gasteiger partial charge in [-0.25, -0.2) is 0 Å². The van der Waals surface area contributed by atoms with Crippen molar-refractivity contribution in [1.29, 1.82) is 0 Å². The number of hydrogen-bond donors (Lipinski definition) is 1. The Hall–Kier alpha value is -3.13. The molecule has 0 aliphatic rings. The molecule has 0 spiro atoms. The third-order valence-electron chi connectivity index (χ3n) is 3.62. The predicted octanol–water partition coefficient (Wildman–Crippen LogP) is 5.47. The number of carbonyl (C=O) groups excluding carboxylic acids is 1. The molecule has 0 aromatic heterocycles. The fourth-order valence-corrected chi connectivity index (χ4v) is 2.49. The molecule has 0 aliphatic carbocycles. The molecular formula is C21H17NO. The van der Waals surface area contributed by atoms with Gasteiger partial charge >= 0.3 is 0 Å². The SMILES string of the molecule is C=CC(=O)c1ccc(Nc2ccccc2)cc1-c1ccccc1. The van der Waals surface area contributed by atoms with E-state index in [2.05, 4.69) is 11.9 Å². The molecule has 0 unspecified atom stereocenters. The van der Waals surface area contributed by atoms with Gasteiger partial charge in [0.05, 0.1) is 0 Å². The van der Waals surface area contributed by atoms with Crippen LogP contribution >= 0.6 is 0 Å². The summed E-state index contributed by atoms with van der Waals surface area (Å²) in [4.78, 5) is 12.1. The number of carbonyl (C=O) groups is 1. The second-order valence-corrected chi connectivity index (χ2v) is 5.19. The summed E-state index contributed by atoms with van der Waals surface area (Å²) in [6.45, 7) is 3.60. The highest BCUT2D eigenvalue weighted by Crippen LogP contribution is 2.29. The van der Waals surface area contributed by atoms with Gasteiger partial charge < -0.3 is 5.32 Å². The molecule has 0 fully saturated rings. The Morgan fingerprint density at radius 3 is 2.13 bits per heavy atom. The van der Waals surface area contributed by atoms with Crippen molar-refractivity contribution in [1.82, 2.24) is 0 Å². The lowest BCUT2D eigenvalue weighted by atomic mass is 9.96. The molecule has 2 nitrogen and oxygen atoms in total. The van der Waals surface area contributed by atoms with Crippen molar-refractivity contribution in [3.05, 3.63) is 97.1 Å². The van der Waals surface area contributed by atoms with Crippen LogP contribution in [0.2, 0.25) is 0 Å². The Balaban J connectivity index is 2.04. The van der Waals surface area contributed by atoms with E-state index in [0.717, 1.165) is 22.5 Å². The Morgan fingerprint density at radius 2 is 1.48 bits per heavy atom. The molecule has 0 amide bonds. The lowest BCUT2D eigenvalue weighted by Crippen LogP contribution is -1.99. The topological polar surface area (TPSA) is 29.1 Å². The molecule has 23 heavy (non-hydrogen) atoms. The molecule has 0 saturated carbocycles. The van der Waals surface area contributed by atoms with E-state index in [1.165, 1.54) is 6.08 Å². The summed E-state index contributed by atoms with van der Waals surface area (Å²) in [6, 6.07) is 25.6. The normalized spacial score (nSPS) is 10.1. The number of rotatable bonds is 5. The summed E-state index contributed by atoms with van der Waals surface area (Å²) < 4.78 is 0. The van der Waals surface area contributed by atoms with E-state index in [0.29, 0.717) is 5.56 Å². The molecule has 1 N–H and O–H groups in total. The first-order chi connectivity index (χ1) is 11.3. The van der Waals surface area contributed by atoms with Gasteiger partial charge in [-0.2, -0.15) is 0 Å². The van der Waals surface area contributed by atoms with Crippen LogP contribution in [0.15, 0.2) is 91.5 Å². The lowest BCUT2D eigenvalue weighted by Gasteiger charge is -2.12. The number of allylic oxidation sites excluding steroid dienone is 1. The zero-order chi connectivity index (χ0) is 16.1. The Bertz CT molecular complexity index is 823. The van der Waals surface area contributed by atoms with Crippen LogP contribution in [-0.2, 0) is 0 Å². The number of anilines is 2. The van der Waals surface area contributed by atoms with Gasteiger partial charge in [-0.3, -0.25) is 4.79 Å². The van der Waals surface area contributed by atoms with Crippen LogP contribution in [0, 0.1) is 0 Å². The van der Waals surface area contributed by atoms with Crippen molar-refractivity contribution < 1.29 is 4.79 Å². The minimum absolute atomic E-state index is 0.0740. The summed E-state index contributed by atoms with van der Waals surface area (Å²) in [5.41, 5.74) is 4.51. The maximum Gasteiger partial charge on any atom is 0.185 e. The van der Waals surface area contributed by atoms with Crippen molar-refractivity contribution in [2.45, 2.75) is 0 Å². The maximum absolute atomic E-state index is 12.1. The highest BCUT2D eigenvalue weighted by atomic mass is 16.1. The zero-order valence-corrected chi connectivity index (χ0v) is 12.7. The standard InChI is InChI=1S/C21H17NO/c1-2-21(23)19-14-13-18(22-17-11-7-4-8-12-17)15-20(19)16-9-5-3-6-10-16/h2-15,22H,1H2. The smallest absolute Gasteiger partial charge is 0.185 e. The van der Waals surface area contributed by atoms with Crippen LogP contribution in [0.1, 0.15) is 10.4 Å². The number of ketones is 1. The fourth-order valence-electron chi connectivity index (χ4n) is 2.49. The van der Waals surface area contributed by atoms with Gasteiger partial charge in [-0.05, 0) is 47.5 Å². The molecule has 2 heteroatoms. The second-order valence-electron chi connectivity index (χ2n) is 5.19. The van der Waals surface area contributed by atoms with E-state index in [1.54, 1.807) is 0 Å². The first-order valence-corrected chi connectivity index (χ1v) is 7.46. The van der Waals surface area contributed by atoms with Gasteiger partial charge in [0.2, 0.25) is 0 Å². The van der Waals surface area contributed by atoms with E-state index in [1.807, 2.05) is 78.9 Å². The van der Waals surface area contributed by atoms with Gasteiger partial charge in [0, 0.05) is 16.9 Å². The van der Waals surface area contributed by atoms with Gasteiger partial charge in [-0.15, -0.1) is 0 Å². The molecule has 3 aromatic carbocycles. The Kier molecular flexibility index (Phi) is 4.34. The van der Waals surface area contributed by atoms with Crippen LogP contribution in [0.5, 0.6) is 0 Å². The summed E-state index contributed by atoms with van der Waals surface area (Å²) in [7, 11) is 0. The molecular weight excluding hydrogens is 282 g/mol. The van der Waals surface area contributed by atoms with E-state index in [-0.39, 0.29) is 5.78 Å². The van der Waals surface area contributed by atoms with Crippen LogP contribution < -0.4 is 5.32 Å². The van der Waals surface area contributed by atoms with Gasteiger partial charge in [0.25, 0.3) is 0 Å². The Labute approximate surface area is 136 Å². The number of hydrogen-bond acceptors (Lipinski definition) is 2. The quantitative estimate of drug-likeness (QED) is 0.500. The van der Waals surface area contributed by atoms with Crippen molar-refractivity contribution in [3.8, 4) is 11.1 Å². The van der Waals surface area contributed by atoms with Crippen LogP contribution in [-0.4, -0.2) is 5.78 Å². The number of para-hydroxylation sites is 1. The maximum atomic E-state index is 12.1. The molecule has 0 atom stereocenters. The third-order valence-corrected chi connectivity index (χ3v) is 3.62. The summed E-state index contributed by atoms with van der Waals surface area (Å²) in [5.74, 6) is -0.0740. The molecule has 3 aromatic rings. The van der Waals surface area contributed by atoms with E-state index in [9.17, 15) is 4.79 Å². The summed E-state index contributed by atoms with van der Waals surface area (Å²) in [5, 5.41) is 3.36. The molecule has 0 bridgehead atoms. The monoisotopic (exact) mass is 299 g/mol. The van der Waals surface area contributed by atoms with Gasteiger partial charge in [0.15, 0.2) is 5.78 Å². The average Bonchev–Trinajstić information content (AvgIpc) is 2.62. The first kappa shape index (κ1) is 14.8. The average molecular weight is 299 g/mol. The summed E-state index contributed by atoms with van der Waals surface area (Å²) >= 11 is 0. The molecule has 0 saturated heterocycles. The first-order valence-electron chi connectivity index (χ1n) is 7.46. The highest BCUT2D eigenvalue weighted by molar-refractivity contribution is 6.09. The van der Waals surface area contributed by atoms with Crippen molar-refractivity contribution >= 4 is 17.2 Å². The number of nitrogens with one attached hydrogen (secondary N) is 1. The van der Waals surface area contributed by atoms with Crippen molar-refractivity contribution in [2.24, 2.45) is 0 Å². The largest absolute Gasteiger partial charge is 0.356 e. The lowest BCUT2D eigenvalue weighted by molar-refractivity contribution is 0.104. The highest BCUT2D eigenvalue weighted by Gasteiger charge is 2.11. The Morgan fingerprint density at radius 1 is 0.826 bits per heavy atom. The number of benzene rings is 3. The molecule has 112 valence electrons. The minimum Gasteiger partial charge on any atom is -0.356 e. The van der Waals surface area contributed by atoms with Crippen molar-refractivity contribution in [2.75, 3.05) is 5.32 Å².